The zero-order valence-electron chi connectivity index (χ0n) is 10.1. The Bertz CT molecular complexity index is 645. The second-order valence-electron chi connectivity index (χ2n) is 3.65. The van der Waals surface area contributed by atoms with E-state index in [-0.39, 0.29) is 17.7 Å². The number of methoxy groups -OCH3 is 1. The minimum Gasteiger partial charge on any atom is -0.496 e. The summed E-state index contributed by atoms with van der Waals surface area (Å²) in [6.45, 7) is 1.97. The molecule has 0 atom stereocenters. The second kappa shape index (κ2) is 4.91. The van der Waals surface area contributed by atoms with Gasteiger partial charge >= 0.3 is 5.97 Å². The minimum atomic E-state index is -0.542. The highest BCUT2D eigenvalue weighted by atomic mass is 16.5. The van der Waals surface area contributed by atoms with Crippen molar-refractivity contribution >= 4 is 16.9 Å². The predicted octanol–water partition coefficient (Wildman–Crippen LogP) is 1.71. The van der Waals surface area contributed by atoms with Crippen LogP contribution in [0.2, 0.25) is 0 Å². The number of aromatic amines is 1. The fraction of sp³-hybridized carbons (Fsp3) is 0.231. The van der Waals surface area contributed by atoms with Crippen molar-refractivity contribution in [2.24, 2.45) is 0 Å². The molecule has 0 radical (unpaired) electrons. The molecule has 18 heavy (non-hydrogen) atoms. The van der Waals surface area contributed by atoms with Crippen molar-refractivity contribution in [2.45, 2.75) is 6.92 Å². The molecular weight excluding hydrogens is 234 g/mol. The maximum absolute atomic E-state index is 12.0. The summed E-state index contributed by atoms with van der Waals surface area (Å²) in [5.41, 5.74) is 0.414. The van der Waals surface area contributed by atoms with Crippen molar-refractivity contribution < 1.29 is 14.3 Å². The van der Waals surface area contributed by atoms with Gasteiger partial charge in [-0.25, -0.2) is 4.79 Å². The lowest BCUT2D eigenvalue weighted by atomic mass is 10.1. The second-order valence-corrected chi connectivity index (χ2v) is 3.65. The van der Waals surface area contributed by atoms with Gasteiger partial charge in [-0.1, -0.05) is 6.07 Å². The van der Waals surface area contributed by atoms with E-state index in [1.54, 1.807) is 25.1 Å². The molecule has 1 N–H and O–H groups in total. The van der Waals surface area contributed by atoms with Crippen molar-refractivity contribution in [3.63, 3.8) is 0 Å². The molecule has 0 bridgehead atoms. The number of pyridine rings is 1. The van der Waals surface area contributed by atoms with Gasteiger partial charge in [-0.3, -0.25) is 4.79 Å². The van der Waals surface area contributed by atoms with Crippen LogP contribution >= 0.6 is 0 Å². The normalized spacial score (nSPS) is 10.3. The van der Waals surface area contributed by atoms with Gasteiger partial charge in [0.15, 0.2) is 5.43 Å². The Morgan fingerprint density at radius 3 is 2.83 bits per heavy atom. The molecule has 0 aliphatic rings. The van der Waals surface area contributed by atoms with Gasteiger partial charge in [0.05, 0.1) is 24.6 Å². The summed E-state index contributed by atoms with van der Waals surface area (Å²) < 4.78 is 9.97. The predicted molar refractivity (Wildman–Crippen MR) is 67.1 cm³/mol. The Kier molecular flexibility index (Phi) is 3.32. The van der Waals surface area contributed by atoms with Gasteiger partial charge in [0.25, 0.3) is 0 Å². The molecule has 0 spiro atoms. The molecule has 5 heteroatoms. The van der Waals surface area contributed by atoms with Crippen LogP contribution in [0.15, 0.2) is 29.1 Å². The molecule has 0 saturated carbocycles. The van der Waals surface area contributed by atoms with Crippen molar-refractivity contribution in [2.75, 3.05) is 13.7 Å². The van der Waals surface area contributed by atoms with Gasteiger partial charge < -0.3 is 14.5 Å². The summed E-state index contributed by atoms with van der Waals surface area (Å²) in [4.78, 5) is 26.4. The fourth-order valence-electron chi connectivity index (χ4n) is 1.76. The molecule has 2 rings (SSSR count). The first-order chi connectivity index (χ1) is 8.67. The van der Waals surface area contributed by atoms with E-state index in [1.807, 2.05) is 0 Å². The van der Waals surface area contributed by atoms with E-state index >= 15 is 0 Å². The number of ether oxygens (including phenoxy) is 2. The number of carbonyl (C=O) groups is 1. The molecule has 1 heterocycles. The number of H-pyrrole nitrogens is 1. The van der Waals surface area contributed by atoms with E-state index in [1.165, 1.54) is 13.2 Å². The molecule has 0 unspecified atom stereocenters. The lowest BCUT2D eigenvalue weighted by Gasteiger charge is -2.06. The van der Waals surface area contributed by atoms with Crippen LogP contribution < -0.4 is 10.2 Å². The van der Waals surface area contributed by atoms with E-state index in [2.05, 4.69) is 4.98 Å². The zero-order chi connectivity index (χ0) is 13.1. The van der Waals surface area contributed by atoms with Gasteiger partial charge in [-0.2, -0.15) is 0 Å². The molecule has 0 aliphatic heterocycles. The quantitative estimate of drug-likeness (QED) is 0.838. The summed E-state index contributed by atoms with van der Waals surface area (Å²) in [5.74, 6) is -0.0662. The first kappa shape index (κ1) is 12.2. The Morgan fingerprint density at radius 2 is 2.17 bits per heavy atom. The van der Waals surface area contributed by atoms with Gasteiger partial charge in [0.1, 0.15) is 11.4 Å². The highest BCUT2D eigenvalue weighted by molar-refractivity contribution is 5.92. The standard InChI is InChI=1S/C13H13NO4/c1-3-18-13(16)9-7-10(15)12-8(14-9)5-4-6-11(12)17-2/h4-7H,3H2,1-2H3,(H,14,15). The number of esters is 1. The number of hydrogen-bond acceptors (Lipinski definition) is 4. The summed E-state index contributed by atoms with van der Waals surface area (Å²) in [7, 11) is 1.49. The van der Waals surface area contributed by atoms with E-state index in [4.69, 9.17) is 9.47 Å². The largest absolute Gasteiger partial charge is 0.496 e. The third kappa shape index (κ3) is 2.07. The Hall–Kier alpha value is -2.30. The molecule has 0 saturated heterocycles. The maximum atomic E-state index is 12.0. The van der Waals surface area contributed by atoms with Crippen LogP contribution in [0, 0.1) is 0 Å². The Balaban J connectivity index is 2.64. The SMILES string of the molecule is CCOC(=O)c1cc(=O)c2c(OC)cccc2[nH]1. The summed E-state index contributed by atoms with van der Waals surface area (Å²) in [6, 6.07) is 6.37. The molecule has 1 aromatic heterocycles. The summed E-state index contributed by atoms with van der Waals surface area (Å²) >= 11 is 0. The van der Waals surface area contributed by atoms with Crippen LogP contribution in [-0.4, -0.2) is 24.7 Å². The van der Waals surface area contributed by atoms with Crippen molar-refractivity contribution in [1.82, 2.24) is 4.98 Å². The molecule has 0 fully saturated rings. The van der Waals surface area contributed by atoms with Crippen LogP contribution in [0.1, 0.15) is 17.4 Å². The lowest BCUT2D eigenvalue weighted by Crippen LogP contribution is -2.13. The third-order valence-electron chi connectivity index (χ3n) is 2.53. The average molecular weight is 247 g/mol. The van der Waals surface area contributed by atoms with Crippen LogP contribution in [-0.2, 0) is 4.74 Å². The van der Waals surface area contributed by atoms with E-state index < -0.39 is 5.97 Å². The van der Waals surface area contributed by atoms with Crippen LogP contribution in [0.5, 0.6) is 5.75 Å². The van der Waals surface area contributed by atoms with Crippen LogP contribution in [0.3, 0.4) is 0 Å². The number of rotatable bonds is 3. The molecule has 1 aromatic carbocycles. The summed E-state index contributed by atoms with van der Waals surface area (Å²) in [6.07, 6.45) is 0. The fourth-order valence-corrected chi connectivity index (χ4v) is 1.76. The number of benzene rings is 1. The molecule has 0 amide bonds. The molecular formula is C13H13NO4. The van der Waals surface area contributed by atoms with Gasteiger partial charge in [-0.15, -0.1) is 0 Å². The molecule has 2 aromatic rings. The molecule has 94 valence electrons. The highest BCUT2D eigenvalue weighted by Crippen LogP contribution is 2.20. The van der Waals surface area contributed by atoms with Crippen LogP contribution in [0.4, 0.5) is 0 Å². The third-order valence-corrected chi connectivity index (χ3v) is 2.53. The lowest BCUT2D eigenvalue weighted by molar-refractivity contribution is 0.0520. The number of aromatic nitrogens is 1. The topological polar surface area (TPSA) is 68.4 Å². The van der Waals surface area contributed by atoms with Crippen molar-refractivity contribution in [3.8, 4) is 5.75 Å². The van der Waals surface area contributed by atoms with Gasteiger partial charge in [0.2, 0.25) is 0 Å². The molecule has 0 aliphatic carbocycles. The number of carbonyl (C=O) groups excluding carboxylic acids is 1. The Morgan fingerprint density at radius 1 is 1.39 bits per heavy atom. The number of nitrogens with one attached hydrogen (secondary N) is 1. The number of hydrogen-bond donors (Lipinski definition) is 1. The zero-order valence-corrected chi connectivity index (χ0v) is 10.1. The molecule has 5 nitrogen and oxygen atoms in total. The Labute approximate surface area is 103 Å². The monoisotopic (exact) mass is 247 g/mol. The van der Waals surface area contributed by atoms with E-state index in [0.717, 1.165) is 0 Å². The minimum absolute atomic E-state index is 0.141. The van der Waals surface area contributed by atoms with E-state index in [0.29, 0.717) is 16.7 Å². The smallest absolute Gasteiger partial charge is 0.354 e. The van der Waals surface area contributed by atoms with Crippen molar-refractivity contribution in [3.05, 3.63) is 40.2 Å². The first-order valence-electron chi connectivity index (χ1n) is 5.54. The van der Waals surface area contributed by atoms with Crippen LogP contribution in [0.25, 0.3) is 10.9 Å². The number of fused-ring (bicyclic) bond motifs is 1. The highest BCUT2D eigenvalue weighted by Gasteiger charge is 2.12. The van der Waals surface area contributed by atoms with Crippen molar-refractivity contribution in [1.29, 1.82) is 0 Å². The van der Waals surface area contributed by atoms with Gasteiger partial charge in [-0.05, 0) is 19.1 Å². The van der Waals surface area contributed by atoms with Gasteiger partial charge in [0, 0.05) is 6.07 Å². The van der Waals surface area contributed by atoms with E-state index in [9.17, 15) is 9.59 Å². The average Bonchev–Trinajstić information content (AvgIpc) is 2.38. The maximum Gasteiger partial charge on any atom is 0.354 e. The summed E-state index contributed by atoms with van der Waals surface area (Å²) in [5, 5.41) is 0.424. The first-order valence-corrected chi connectivity index (χ1v) is 5.54.